The molecule has 10 heavy (non-hydrogen) atoms. The summed E-state index contributed by atoms with van der Waals surface area (Å²) in [6.07, 6.45) is 1.39. The number of hydrogen-bond acceptors (Lipinski definition) is 1. The van der Waals surface area contributed by atoms with E-state index >= 15 is 0 Å². The van der Waals surface area contributed by atoms with E-state index in [1.54, 1.807) is 0 Å². The first-order valence-corrected chi connectivity index (χ1v) is 4.20. The largest absolute Gasteiger partial charge is 0.305 e. The standard InChI is InChI=1S/C9H19N/c1-8(2)5-9(3)6-10(4)7-9/h8H,5-7H2,1-4H3. The summed E-state index contributed by atoms with van der Waals surface area (Å²) >= 11 is 0. The Bertz CT molecular complexity index is 112. The van der Waals surface area contributed by atoms with Gasteiger partial charge in [0.1, 0.15) is 0 Å². The molecule has 1 saturated heterocycles. The summed E-state index contributed by atoms with van der Waals surface area (Å²) in [5.41, 5.74) is 0.642. The minimum atomic E-state index is 0.642. The zero-order valence-electron chi connectivity index (χ0n) is 7.65. The Morgan fingerprint density at radius 2 is 1.90 bits per heavy atom. The Morgan fingerprint density at radius 3 is 2.20 bits per heavy atom. The molecule has 1 heterocycles. The van der Waals surface area contributed by atoms with Crippen molar-refractivity contribution in [3.63, 3.8) is 0 Å². The van der Waals surface area contributed by atoms with Gasteiger partial charge in [0.2, 0.25) is 0 Å². The molecule has 1 aliphatic rings. The number of likely N-dealkylation sites (tertiary alicyclic amines) is 1. The third kappa shape index (κ3) is 1.72. The van der Waals surface area contributed by atoms with Crippen LogP contribution in [0.2, 0.25) is 0 Å². The van der Waals surface area contributed by atoms with Crippen LogP contribution in [0.25, 0.3) is 0 Å². The predicted molar refractivity (Wildman–Crippen MR) is 45.1 cm³/mol. The molecular weight excluding hydrogens is 122 g/mol. The lowest BCUT2D eigenvalue weighted by atomic mass is 9.76. The molecule has 0 aromatic rings. The van der Waals surface area contributed by atoms with E-state index in [9.17, 15) is 0 Å². The highest BCUT2D eigenvalue weighted by Gasteiger charge is 2.36. The van der Waals surface area contributed by atoms with Crippen LogP contribution in [0.4, 0.5) is 0 Å². The van der Waals surface area contributed by atoms with Crippen LogP contribution >= 0.6 is 0 Å². The fraction of sp³-hybridized carbons (Fsp3) is 1.00. The lowest BCUT2D eigenvalue weighted by Crippen LogP contribution is -2.52. The van der Waals surface area contributed by atoms with Crippen LogP contribution in [0, 0.1) is 11.3 Å². The molecule has 1 fully saturated rings. The predicted octanol–water partition coefficient (Wildman–Crippen LogP) is 1.98. The molecule has 1 nitrogen and oxygen atoms in total. The second-order valence-corrected chi connectivity index (χ2v) is 4.58. The summed E-state index contributed by atoms with van der Waals surface area (Å²) in [6.45, 7) is 9.61. The average molecular weight is 141 g/mol. The first-order valence-electron chi connectivity index (χ1n) is 4.20. The van der Waals surface area contributed by atoms with Crippen LogP contribution in [0.3, 0.4) is 0 Å². The van der Waals surface area contributed by atoms with E-state index in [1.807, 2.05) is 0 Å². The maximum atomic E-state index is 2.40. The maximum Gasteiger partial charge on any atom is 0.00449 e. The molecule has 0 aromatic carbocycles. The molecule has 0 spiro atoms. The molecule has 1 aliphatic heterocycles. The lowest BCUT2D eigenvalue weighted by molar-refractivity contribution is 0.0211. The van der Waals surface area contributed by atoms with Gasteiger partial charge in [-0.1, -0.05) is 20.8 Å². The lowest BCUT2D eigenvalue weighted by Gasteiger charge is -2.47. The van der Waals surface area contributed by atoms with Crippen molar-refractivity contribution in [2.45, 2.75) is 27.2 Å². The maximum absolute atomic E-state index is 2.40. The number of rotatable bonds is 2. The molecule has 0 atom stereocenters. The zero-order chi connectivity index (χ0) is 7.78. The van der Waals surface area contributed by atoms with Crippen molar-refractivity contribution >= 4 is 0 Å². The van der Waals surface area contributed by atoms with Gasteiger partial charge in [0, 0.05) is 13.1 Å². The Morgan fingerprint density at radius 1 is 1.40 bits per heavy atom. The van der Waals surface area contributed by atoms with Crippen LogP contribution in [0.5, 0.6) is 0 Å². The smallest absolute Gasteiger partial charge is 0.00449 e. The SMILES string of the molecule is CC(C)CC1(C)CN(C)C1. The van der Waals surface area contributed by atoms with E-state index in [0.29, 0.717) is 5.41 Å². The molecule has 60 valence electrons. The van der Waals surface area contributed by atoms with Gasteiger partial charge in [-0.2, -0.15) is 0 Å². The summed E-state index contributed by atoms with van der Waals surface area (Å²) in [7, 11) is 2.20. The minimum Gasteiger partial charge on any atom is -0.305 e. The van der Waals surface area contributed by atoms with Gasteiger partial charge in [-0.3, -0.25) is 0 Å². The van der Waals surface area contributed by atoms with Gasteiger partial charge in [0.25, 0.3) is 0 Å². The van der Waals surface area contributed by atoms with Crippen LogP contribution in [0.1, 0.15) is 27.2 Å². The van der Waals surface area contributed by atoms with E-state index in [-0.39, 0.29) is 0 Å². The van der Waals surface area contributed by atoms with E-state index in [1.165, 1.54) is 19.5 Å². The van der Waals surface area contributed by atoms with Crippen LogP contribution < -0.4 is 0 Å². The highest BCUT2D eigenvalue weighted by Crippen LogP contribution is 2.34. The second kappa shape index (κ2) is 2.54. The van der Waals surface area contributed by atoms with E-state index in [0.717, 1.165) is 5.92 Å². The van der Waals surface area contributed by atoms with Crippen molar-refractivity contribution in [1.82, 2.24) is 4.90 Å². The summed E-state index contributed by atoms with van der Waals surface area (Å²) in [5.74, 6) is 0.860. The molecule has 0 N–H and O–H groups in total. The molecule has 0 radical (unpaired) electrons. The van der Waals surface area contributed by atoms with Crippen molar-refractivity contribution in [1.29, 1.82) is 0 Å². The van der Waals surface area contributed by atoms with E-state index in [4.69, 9.17) is 0 Å². The minimum absolute atomic E-state index is 0.642. The van der Waals surface area contributed by atoms with Crippen molar-refractivity contribution in [2.75, 3.05) is 20.1 Å². The number of hydrogen-bond donors (Lipinski definition) is 0. The van der Waals surface area contributed by atoms with Crippen molar-refractivity contribution in [3.05, 3.63) is 0 Å². The summed E-state index contributed by atoms with van der Waals surface area (Å²) in [4.78, 5) is 2.39. The molecule has 0 aliphatic carbocycles. The van der Waals surface area contributed by atoms with Gasteiger partial charge in [-0.25, -0.2) is 0 Å². The number of nitrogens with zero attached hydrogens (tertiary/aromatic N) is 1. The van der Waals surface area contributed by atoms with Gasteiger partial charge >= 0.3 is 0 Å². The first-order chi connectivity index (χ1) is 4.52. The Kier molecular flexibility index (Phi) is 2.04. The normalized spacial score (nSPS) is 24.9. The molecule has 1 rings (SSSR count). The molecule has 0 amide bonds. The van der Waals surface area contributed by atoms with Crippen LogP contribution in [-0.2, 0) is 0 Å². The Labute approximate surface area is 64.4 Å². The van der Waals surface area contributed by atoms with Crippen LogP contribution in [-0.4, -0.2) is 25.0 Å². The first kappa shape index (κ1) is 8.06. The summed E-state index contributed by atoms with van der Waals surface area (Å²) < 4.78 is 0. The third-order valence-electron chi connectivity index (χ3n) is 2.20. The average Bonchev–Trinajstić information content (AvgIpc) is 1.57. The fourth-order valence-corrected chi connectivity index (χ4v) is 2.37. The van der Waals surface area contributed by atoms with E-state index < -0.39 is 0 Å². The van der Waals surface area contributed by atoms with Crippen molar-refractivity contribution in [2.24, 2.45) is 11.3 Å². The molecule has 0 unspecified atom stereocenters. The van der Waals surface area contributed by atoms with E-state index in [2.05, 4.69) is 32.7 Å². The second-order valence-electron chi connectivity index (χ2n) is 4.58. The van der Waals surface area contributed by atoms with Crippen molar-refractivity contribution in [3.8, 4) is 0 Å². The van der Waals surface area contributed by atoms with Gasteiger partial charge in [-0.05, 0) is 24.8 Å². The van der Waals surface area contributed by atoms with Gasteiger partial charge in [-0.15, -0.1) is 0 Å². The quantitative estimate of drug-likeness (QED) is 0.568. The monoisotopic (exact) mass is 141 g/mol. The molecule has 0 bridgehead atoms. The fourth-order valence-electron chi connectivity index (χ4n) is 2.37. The molecule has 1 heteroatoms. The Hall–Kier alpha value is -0.0400. The third-order valence-corrected chi connectivity index (χ3v) is 2.20. The van der Waals surface area contributed by atoms with Crippen LogP contribution in [0.15, 0.2) is 0 Å². The molecule has 0 aromatic heterocycles. The molecule has 0 saturated carbocycles. The van der Waals surface area contributed by atoms with Crippen molar-refractivity contribution < 1.29 is 0 Å². The highest BCUT2D eigenvalue weighted by molar-refractivity contribution is 4.89. The van der Waals surface area contributed by atoms with Gasteiger partial charge in [0.05, 0.1) is 0 Å². The van der Waals surface area contributed by atoms with Gasteiger partial charge in [0.15, 0.2) is 0 Å². The summed E-state index contributed by atoms with van der Waals surface area (Å²) in [6, 6.07) is 0. The Balaban J connectivity index is 2.27. The summed E-state index contributed by atoms with van der Waals surface area (Å²) in [5, 5.41) is 0. The highest BCUT2D eigenvalue weighted by atomic mass is 15.2. The zero-order valence-corrected chi connectivity index (χ0v) is 7.65. The topological polar surface area (TPSA) is 3.24 Å². The molecular formula is C9H19N. The van der Waals surface area contributed by atoms with Gasteiger partial charge < -0.3 is 4.90 Å².